The summed E-state index contributed by atoms with van der Waals surface area (Å²) >= 11 is 0. The number of hydrogen-bond acceptors (Lipinski definition) is 7. The van der Waals surface area contributed by atoms with Crippen molar-refractivity contribution < 1.29 is 14.1 Å². The van der Waals surface area contributed by atoms with E-state index in [0.29, 0.717) is 34.7 Å². The summed E-state index contributed by atoms with van der Waals surface area (Å²) < 4.78 is 12.7. The Morgan fingerprint density at radius 3 is 2.63 bits per heavy atom. The van der Waals surface area contributed by atoms with E-state index in [1.807, 2.05) is 6.92 Å². The number of benzene rings is 1. The predicted molar refractivity (Wildman–Crippen MR) is 109 cm³/mol. The first-order valence-electron chi connectivity index (χ1n) is 9.31. The maximum atomic E-state index is 12.3. The third kappa shape index (κ3) is 4.35. The second-order valence-electron chi connectivity index (χ2n) is 6.74. The molecule has 30 heavy (non-hydrogen) atoms. The van der Waals surface area contributed by atoms with Gasteiger partial charge in [-0.3, -0.25) is 9.36 Å². The zero-order valence-corrected chi connectivity index (χ0v) is 16.8. The van der Waals surface area contributed by atoms with Gasteiger partial charge in [0.15, 0.2) is 0 Å². The number of nitrogens with zero attached hydrogens (tertiary/aromatic N) is 5. The molecule has 4 rings (SSSR count). The van der Waals surface area contributed by atoms with Crippen LogP contribution in [0.15, 0.2) is 53.6 Å². The molecule has 0 aliphatic rings. The van der Waals surface area contributed by atoms with Gasteiger partial charge in [-0.05, 0) is 45.0 Å². The molecule has 9 nitrogen and oxygen atoms in total. The molecular weight excluding hydrogens is 384 g/mol. The maximum absolute atomic E-state index is 12.3. The lowest BCUT2D eigenvalue weighted by Crippen LogP contribution is -2.15. The van der Waals surface area contributed by atoms with Crippen LogP contribution in [0.1, 0.15) is 22.8 Å². The molecule has 0 unspecified atom stereocenters. The highest BCUT2D eigenvalue weighted by atomic mass is 16.5. The third-order valence-corrected chi connectivity index (χ3v) is 4.45. The molecule has 9 heteroatoms. The van der Waals surface area contributed by atoms with Crippen molar-refractivity contribution in [1.82, 2.24) is 24.7 Å². The quantitative estimate of drug-likeness (QED) is 0.523. The number of aryl methyl sites for hydroxylation is 3. The summed E-state index contributed by atoms with van der Waals surface area (Å²) in [6, 6.07) is 8.80. The van der Waals surface area contributed by atoms with Gasteiger partial charge < -0.3 is 14.6 Å². The molecule has 3 heterocycles. The molecule has 0 bridgehead atoms. The number of carbonyl (C=O) groups is 1. The fourth-order valence-corrected chi connectivity index (χ4v) is 2.95. The highest BCUT2D eigenvalue weighted by molar-refractivity contribution is 5.92. The van der Waals surface area contributed by atoms with Gasteiger partial charge in [-0.2, -0.15) is 4.98 Å². The van der Waals surface area contributed by atoms with Gasteiger partial charge in [0.05, 0.1) is 12.1 Å². The zero-order valence-electron chi connectivity index (χ0n) is 16.8. The van der Waals surface area contributed by atoms with Gasteiger partial charge in [0, 0.05) is 29.7 Å². The molecule has 0 radical (unpaired) electrons. The van der Waals surface area contributed by atoms with Crippen molar-refractivity contribution in [3.05, 3.63) is 71.9 Å². The molecule has 0 fully saturated rings. The van der Waals surface area contributed by atoms with E-state index < -0.39 is 0 Å². The fourth-order valence-electron chi connectivity index (χ4n) is 2.95. The summed E-state index contributed by atoms with van der Waals surface area (Å²) in [5.41, 5.74) is 2.19. The molecule has 4 aromatic rings. The Hall–Kier alpha value is -4.01. The molecule has 1 N–H and O–H groups in total. The average Bonchev–Trinajstić information content (AvgIpc) is 3.35. The van der Waals surface area contributed by atoms with Gasteiger partial charge in [-0.15, -0.1) is 0 Å². The van der Waals surface area contributed by atoms with E-state index in [1.54, 1.807) is 67.5 Å². The first-order valence-corrected chi connectivity index (χ1v) is 9.31. The van der Waals surface area contributed by atoms with Crippen LogP contribution in [0.2, 0.25) is 0 Å². The molecular formula is C21H20N6O3. The number of amides is 1. The van der Waals surface area contributed by atoms with Crippen LogP contribution < -0.4 is 10.1 Å². The summed E-state index contributed by atoms with van der Waals surface area (Å²) in [6.45, 7) is 5.41. The first kappa shape index (κ1) is 19.3. The number of nitrogens with one attached hydrogen (secondary N) is 1. The molecule has 0 atom stereocenters. The third-order valence-electron chi connectivity index (χ3n) is 4.45. The molecule has 0 saturated carbocycles. The van der Waals surface area contributed by atoms with E-state index in [9.17, 15) is 4.79 Å². The van der Waals surface area contributed by atoms with Crippen LogP contribution in [-0.4, -0.2) is 30.6 Å². The van der Waals surface area contributed by atoms with Crippen LogP contribution in [0.4, 0.5) is 5.69 Å². The van der Waals surface area contributed by atoms with Gasteiger partial charge in [-0.25, -0.2) is 9.97 Å². The Morgan fingerprint density at radius 2 is 1.97 bits per heavy atom. The van der Waals surface area contributed by atoms with Crippen LogP contribution in [0, 0.1) is 20.8 Å². The zero-order chi connectivity index (χ0) is 21.1. The molecule has 3 aromatic heterocycles. The number of imidazole rings is 1. The SMILES string of the molecule is Cc1nc(Oc2ccc(NC(=O)Cc3c(C)noc3C)cc2)cc(-n2ccnc2)n1. The van der Waals surface area contributed by atoms with Crippen molar-refractivity contribution in [2.24, 2.45) is 0 Å². The van der Waals surface area contributed by atoms with Gasteiger partial charge >= 0.3 is 0 Å². The second kappa shape index (κ2) is 8.16. The molecule has 152 valence electrons. The largest absolute Gasteiger partial charge is 0.439 e. The van der Waals surface area contributed by atoms with Crippen LogP contribution in [0.5, 0.6) is 11.6 Å². The Balaban J connectivity index is 1.42. The van der Waals surface area contributed by atoms with Crippen LogP contribution in [0.25, 0.3) is 5.82 Å². The molecule has 0 saturated heterocycles. The van der Waals surface area contributed by atoms with Gasteiger partial charge in [0.25, 0.3) is 0 Å². The lowest BCUT2D eigenvalue weighted by Gasteiger charge is -2.09. The Morgan fingerprint density at radius 1 is 1.17 bits per heavy atom. The number of anilines is 1. The van der Waals surface area contributed by atoms with Crippen molar-refractivity contribution in [2.75, 3.05) is 5.32 Å². The smallest absolute Gasteiger partial charge is 0.228 e. The topological polar surface area (TPSA) is 108 Å². The van der Waals surface area contributed by atoms with Gasteiger partial charge in [0.1, 0.15) is 29.5 Å². The van der Waals surface area contributed by atoms with Crippen LogP contribution >= 0.6 is 0 Å². The van der Waals surface area contributed by atoms with E-state index in [-0.39, 0.29) is 12.3 Å². The van der Waals surface area contributed by atoms with E-state index in [2.05, 4.69) is 25.4 Å². The average molecular weight is 404 g/mol. The summed E-state index contributed by atoms with van der Waals surface area (Å²) in [6.07, 6.45) is 5.34. The molecule has 0 aliphatic heterocycles. The minimum atomic E-state index is -0.144. The Labute approximate surface area is 172 Å². The monoisotopic (exact) mass is 404 g/mol. The number of rotatable bonds is 6. The number of hydrogen-bond donors (Lipinski definition) is 1. The minimum absolute atomic E-state index is 0.144. The van der Waals surface area contributed by atoms with E-state index in [1.165, 1.54) is 0 Å². The van der Waals surface area contributed by atoms with Gasteiger partial charge in [0.2, 0.25) is 11.8 Å². The van der Waals surface area contributed by atoms with Crippen LogP contribution in [-0.2, 0) is 11.2 Å². The number of aromatic nitrogens is 5. The minimum Gasteiger partial charge on any atom is -0.439 e. The normalized spacial score (nSPS) is 10.8. The Bertz CT molecular complexity index is 1150. The highest BCUT2D eigenvalue weighted by Crippen LogP contribution is 2.23. The van der Waals surface area contributed by atoms with Crippen molar-refractivity contribution in [3.8, 4) is 17.4 Å². The lowest BCUT2D eigenvalue weighted by atomic mass is 10.1. The Kier molecular flexibility index (Phi) is 5.25. The van der Waals surface area contributed by atoms with E-state index in [4.69, 9.17) is 9.26 Å². The van der Waals surface area contributed by atoms with E-state index >= 15 is 0 Å². The van der Waals surface area contributed by atoms with Crippen LogP contribution in [0.3, 0.4) is 0 Å². The first-order chi connectivity index (χ1) is 14.5. The summed E-state index contributed by atoms with van der Waals surface area (Å²) in [4.78, 5) is 25.0. The molecule has 1 amide bonds. The van der Waals surface area contributed by atoms with Gasteiger partial charge in [-0.1, -0.05) is 5.16 Å². The standard InChI is InChI=1S/C21H20N6O3/c1-13-18(14(2)30-26-13)10-20(28)25-16-4-6-17(7-5-16)29-21-11-19(23-15(3)24-21)27-9-8-22-12-27/h4-9,11-12H,10H2,1-3H3,(H,25,28). The molecule has 0 spiro atoms. The van der Waals surface area contributed by atoms with Crippen molar-refractivity contribution in [2.45, 2.75) is 27.2 Å². The second-order valence-corrected chi connectivity index (χ2v) is 6.74. The summed E-state index contributed by atoms with van der Waals surface area (Å²) in [7, 11) is 0. The number of carbonyl (C=O) groups excluding carboxylic acids is 1. The lowest BCUT2D eigenvalue weighted by molar-refractivity contribution is -0.115. The number of ether oxygens (including phenoxy) is 1. The predicted octanol–water partition coefficient (Wildman–Crippen LogP) is 3.55. The fraction of sp³-hybridized carbons (Fsp3) is 0.190. The molecule has 0 aliphatic carbocycles. The highest BCUT2D eigenvalue weighted by Gasteiger charge is 2.13. The van der Waals surface area contributed by atoms with Crippen molar-refractivity contribution in [3.63, 3.8) is 0 Å². The van der Waals surface area contributed by atoms with E-state index in [0.717, 1.165) is 11.3 Å². The summed E-state index contributed by atoms with van der Waals surface area (Å²) in [5, 5.41) is 6.73. The van der Waals surface area contributed by atoms with Crippen molar-refractivity contribution >= 4 is 11.6 Å². The molecule has 1 aromatic carbocycles. The van der Waals surface area contributed by atoms with Crippen molar-refractivity contribution in [1.29, 1.82) is 0 Å². The maximum Gasteiger partial charge on any atom is 0.228 e. The summed E-state index contributed by atoms with van der Waals surface area (Å²) in [5.74, 6) is 2.77.